The van der Waals surface area contributed by atoms with Gasteiger partial charge in [-0.2, -0.15) is 0 Å². The van der Waals surface area contributed by atoms with Crippen LogP contribution in [0.15, 0.2) is 65.5 Å². The summed E-state index contributed by atoms with van der Waals surface area (Å²) in [5, 5.41) is 3.17. The molecule has 1 aliphatic rings. The van der Waals surface area contributed by atoms with Gasteiger partial charge < -0.3 is 14.5 Å². The molecule has 3 aromatic rings. The van der Waals surface area contributed by atoms with E-state index in [1.165, 1.54) is 12.0 Å². The van der Waals surface area contributed by atoms with E-state index in [1.54, 1.807) is 13.3 Å². The largest absolute Gasteiger partial charge is 0.496 e. The molecular formula is C23H25N3O3. The Morgan fingerprint density at radius 2 is 1.93 bits per heavy atom. The zero-order chi connectivity index (χ0) is 20.1. The zero-order valence-electron chi connectivity index (χ0n) is 16.5. The molecule has 2 heterocycles. The third kappa shape index (κ3) is 4.66. The summed E-state index contributed by atoms with van der Waals surface area (Å²) in [7, 11) is 1.71. The van der Waals surface area contributed by atoms with Gasteiger partial charge >= 0.3 is 0 Å². The van der Waals surface area contributed by atoms with Crippen LogP contribution in [-0.2, 0) is 6.54 Å². The molecule has 1 fully saturated rings. The van der Waals surface area contributed by atoms with Gasteiger partial charge in [0.15, 0.2) is 12.2 Å². The first kappa shape index (κ1) is 19.2. The van der Waals surface area contributed by atoms with E-state index in [4.69, 9.17) is 9.15 Å². The second-order valence-electron chi connectivity index (χ2n) is 7.28. The molecule has 150 valence electrons. The molecule has 0 bridgehead atoms. The van der Waals surface area contributed by atoms with E-state index in [2.05, 4.69) is 21.3 Å². The molecule has 1 amide bonds. The van der Waals surface area contributed by atoms with E-state index in [9.17, 15) is 4.79 Å². The van der Waals surface area contributed by atoms with Crippen molar-refractivity contribution < 1.29 is 13.9 Å². The Kier molecular flexibility index (Phi) is 5.91. The molecule has 2 aromatic carbocycles. The molecule has 0 unspecified atom stereocenters. The Balaban J connectivity index is 1.28. The molecule has 0 atom stereocenters. The number of ether oxygens (including phenoxy) is 1. The summed E-state index contributed by atoms with van der Waals surface area (Å²) in [6.07, 6.45) is 4.94. The van der Waals surface area contributed by atoms with Crippen LogP contribution < -0.4 is 10.1 Å². The molecule has 1 aromatic heterocycles. The number of nitrogens with one attached hydrogen (secondary N) is 1. The number of carbonyl (C=O) groups is 1. The number of rotatable bonds is 6. The Labute approximate surface area is 170 Å². The van der Waals surface area contributed by atoms with Crippen LogP contribution in [0, 0.1) is 0 Å². The highest BCUT2D eigenvalue weighted by atomic mass is 16.5. The number of hydrogen-bond donors (Lipinski definition) is 1. The van der Waals surface area contributed by atoms with Crippen molar-refractivity contribution in [1.82, 2.24) is 15.2 Å². The van der Waals surface area contributed by atoms with Crippen molar-refractivity contribution >= 4 is 5.91 Å². The fourth-order valence-electron chi connectivity index (χ4n) is 3.72. The smallest absolute Gasteiger partial charge is 0.251 e. The van der Waals surface area contributed by atoms with Crippen molar-refractivity contribution in [3.05, 3.63) is 72.2 Å². The normalized spacial score (nSPS) is 15.2. The Morgan fingerprint density at radius 3 is 2.62 bits per heavy atom. The number of carbonyl (C=O) groups excluding carboxylic acids is 1. The maximum absolute atomic E-state index is 12.6. The third-order valence-corrected chi connectivity index (χ3v) is 5.37. The Hall–Kier alpha value is -3.12. The molecule has 6 nitrogen and oxygen atoms in total. The van der Waals surface area contributed by atoms with E-state index >= 15 is 0 Å². The highest BCUT2D eigenvalue weighted by Crippen LogP contribution is 2.22. The summed E-state index contributed by atoms with van der Waals surface area (Å²) in [5.41, 5.74) is 2.76. The number of nitrogens with zero attached hydrogens (tertiary/aromatic N) is 2. The van der Waals surface area contributed by atoms with Crippen LogP contribution in [0.25, 0.3) is 11.3 Å². The maximum atomic E-state index is 12.6. The molecule has 0 radical (unpaired) electrons. The second kappa shape index (κ2) is 8.92. The minimum absolute atomic E-state index is 0.0303. The van der Waals surface area contributed by atoms with Crippen LogP contribution in [0.1, 0.15) is 28.8 Å². The lowest BCUT2D eigenvalue weighted by Gasteiger charge is -2.32. The second-order valence-corrected chi connectivity index (χ2v) is 7.28. The fourth-order valence-corrected chi connectivity index (χ4v) is 3.72. The van der Waals surface area contributed by atoms with E-state index in [0.717, 1.165) is 43.8 Å². The van der Waals surface area contributed by atoms with Crippen molar-refractivity contribution in [2.75, 3.05) is 20.2 Å². The standard InChI is InChI=1S/C23H25N3O3/c1-28-21-5-3-2-4-19(21)15-26-12-10-20(11-13-26)25-23(27)18-8-6-17(7-9-18)22-14-24-16-29-22/h2-9,14,16,20H,10-13,15H2,1H3,(H,25,27). The van der Waals surface area contributed by atoms with Crippen molar-refractivity contribution in [1.29, 1.82) is 0 Å². The average Bonchev–Trinajstić information content (AvgIpc) is 3.30. The number of para-hydroxylation sites is 1. The number of amides is 1. The Bertz CT molecular complexity index is 930. The van der Waals surface area contributed by atoms with Crippen LogP contribution in [0.4, 0.5) is 0 Å². The van der Waals surface area contributed by atoms with Crippen molar-refractivity contribution in [3.63, 3.8) is 0 Å². The molecule has 4 rings (SSSR count). The highest BCUT2D eigenvalue weighted by molar-refractivity contribution is 5.94. The minimum atomic E-state index is -0.0303. The van der Waals surface area contributed by atoms with E-state index in [-0.39, 0.29) is 11.9 Å². The Morgan fingerprint density at radius 1 is 1.17 bits per heavy atom. The van der Waals surface area contributed by atoms with Crippen molar-refractivity contribution in [3.8, 4) is 17.1 Å². The first-order valence-corrected chi connectivity index (χ1v) is 9.87. The van der Waals surface area contributed by atoms with Crippen LogP contribution in [0.2, 0.25) is 0 Å². The number of methoxy groups -OCH3 is 1. The van der Waals surface area contributed by atoms with Crippen molar-refractivity contribution in [2.45, 2.75) is 25.4 Å². The summed E-state index contributed by atoms with van der Waals surface area (Å²) in [6, 6.07) is 15.7. The van der Waals surface area contributed by atoms with Gasteiger partial charge in [0.25, 0.3) is 5.91 Å². The summed E-state index contributed by atoms with van der Waals surface area (Å²) in [5.74, 6) is 1.59. The molecule has 0 spiro atoms. The van der Waals surface area contributed by atoms with Gasteiger partial charge in [-0.1, -0.05) is 30.3 Å². The average molecular weight is 391 g/mol. The van der Waals surface area contributed by atoms with Gasteiger partial charge in [0.05, 0.1) is 13.3 Å². The predicted molar refractivity (Wildman–Crippen MR) is 111 cm³/mol. The third-order valence-electron chi connectivity index (χ3n) is 5.37. The molecule has 1 N–H and O–H groups in total. The van der Waals surface area contributed by atoms with Crippen LogP contribution in [0.3, 0.4) is 0 Å². The van der Waals surface area contributed by atoms with Gasteiger partial charge in [0, 0.05) is 42.4 Å². The predicted octanol–water partition coefficient (Wildman–Crippen LogP) is 3.74. The summed E-state index contributed by atoms with van der Waals surface area (Å²) in [4.78, 5) is 18.9. The molecular weight excluding hydrogens is 366 g/mol. The highest BCUT2D eigenvalue weighted by Gasteiger charge is 2.22. The van der Waals surface area contributed by atoms with Crippen LogP contribution in [-0.4, -0.2) is 42.0 Å². The SMILES string of the molecule is COc1ccccc1CN1CCC(NC(=O)c2ccc(-c3cnco3)cc2)CC1. The number of likely N-dealkylation sites (tertiary alicyclic amines) is 1. The van der Waals surface area contributed by atoms with Gasteiger partial charge in [-0.3, -0.25) is 9.69 Å². The minimum Gasteiger partial charge on any atom is -0.496 e. The number of aromatic nitrogens is 1. The summed E-state index contributed by atoms with van der Waals surface area (Å²) in [6.45, 7) is 2.77. The number of oxazole rings is 1. The molecule has 0 aliphatic carbocycles. The van der Waals surface area contributed by atoms with E-state index in [1.807, 2.05) is 42.5 Å². The van der Waals surface area contributed by atoms with Crippen LogP contribution in [0.5, 0.6) is 5.75 Å². The summed E-state index contributed by atoms with van der Waals surface area (Å²) >= 11 is 0. The maximum Gasteiger partial charge on any atom is 0.251 e. The van der Waals surface area contributed by atoms with Gasteiger partial charge in [0.1, 0.15) is 5.75 Å². The van der Waals surface area contributed by atoms with Gasteiger partial charge in [-0.15, -0.1) is 0 Å². The molecule has 1 aliphatic heterocycles. The lowest BCUT2D eigenvalue weighted by molar-refractivity contribution is 0.0908. The topological polar surface area (TPSA) is 67.6 Å². The van der Waals surface area contributed by atoms with E-state index < -0.39 is 0 Å². The quantitative estimate of drug-likeness (QED) is 0.693. The van der Waals surface area contributed by atoms with Gasteiger partial charge in [-0.05, 0) is 31.0 Å². The first-order chi connectivity index (χ1) is 14.2. The van der Waals surface area contributed by atoms with E-state index in [0.29, 0.717) is 11.3 Å². The monoisotopic (exact) mass is 391 g/mol. The first-order valence-electron chi connectivity index (χ1n) is 9.87. The lowest BCUT2D eigenvalue weighted by atomic mass is 10.0. The van der Waals surface area contributed by atoms with Crippen molar-refractivity contribution in [2.24, 2.45) is 0 Å². The molecule has 0 saturated carbocycles. The number of hydrogen-bond acceptors (Lipinski definition) is 5. The van der Waals surface area contributed by atoms with Crippen LogP contribution >= 0.6 is 0 Å². The van der Waals surface area contributed by atoms with Gasteiger partial charge in [0.2, 0.25) is 0 Å². The number of piperidine rings is 1. The fraction of sp³-hybridized carbons (Fsp3) is 0.304. The zero-order valence-corrected chi connectivity index (χ0v) is 16.5. The molecule has 29 heavy (non-hydrogen) atoms. The molecule has 6 heteroatoms. The molecule has 1 saturated heterocycles. The van der Waals surface area contributed by atoms with Gasteiger partial charge in [-0.25, -0.2) is 4.98 Å². The summed E-state index contributed by atoms with van der Waals surface area (Å²) < 4.78 is 10.7. The lowest BCUT2D eigenvalue weighted by Crippen LogP contribution is -2.44. The number of benzene rings is 2.